The van der Waals surface area contributed by atoms with Gasteiger partial charge in [0.1, 0.15) is 5.82 Å². The lowest BCUT2D eigenvalue weighted by Crippen LogP contribution is -2.27. The molecular weight excluding hydrogens is 290 g/mol. The highest BCUT2D eigenvalue weighted by atomic mass is 32.2. The first kappa shape index (κ1) is 17.7. The van der Waals surface area contributed by atoms with Crippen LogP contribution < -0.4 is 10.9 Å². The third-order valence-electron chi connectivity index (χ3n) is 2.96. The standard InChI is InChI=1S/C14H23N3O3S/c1-10-12(14(20)17-11(2)16-10)4-5-13(19)15-6-9-21-8-3-7-18/h18H,3-9H2,1-2H3,(H,15,19)(H,16,17,20). The van der Waals surface area contributed by atoms with E-state index in [0.29, 0.717) is 30.0 Å². The van der Waals surface area contributed by atoms with Crippen LogP contribution in [0.25, 0.3) is 0 Å². The van der Waals surface area contributed by atoms with Crippen molar-refractivity contribution in [3.8, 4) is 0 Å². The maximum absolute atomic E-state index is 11.8. The largest absolute Gasteiger partial charge is 0.396 e. The molecule has 1 amide bonds. The van der Waals surface area contributed by atoms with Crippen LogP contribution in [-0.4, -0.2) is 45.6 Å². The van der Waals surface area contributed by atoms with Gasteiger partial charge >= 0.3 is 0 Å². The third-order valence-corrected chi connectivity index (χ3v) is 4.03. The molecule has 0 aromatic carbocycles. The highest BCUT2D eigenvalue weighted by Gasteiger charge is 2.09. The maximum Gasteiger partial charge on any atom is 0.254 e. The normalized spacial score (nSPS) is 10.6. The first-order chi connectivity index (χ1) is 10.0. The highest BCUT2D eigenvalue weighted by Crippen LogP contribution is 2.03. The van der Waals surface area contributed by atoms with Crippen LogP contribution in [0.5, 0.6) is 0 Å². The van der Waals surface area contributed by atoms with Gasteiger partial charge in [-0.3, -0.25) is 9.59 Å². The van der Waals surface area contributed by atoms with E-state index in [1.807, 2.05) is 0 Å². The molecule has 6 nitrogen and oxygen atoms in total. The number of aromatic nitrogens is 2. The van der Waals surface area contributed by atoms with Gasteiger partial charge in [-0.05, 0) is 32.4 Å². The van der Waals surface area contributed by atoms with E-state index in [1.54, 1.807) is 25.6 Å². The Kier molecular flexibility index (Phi) is 8.07. The lowest BCUT2D eigenvalue weighted by atomic mass is 10.1. The number of H-pyrrole nitrogens is 1. The van der Waals surface area contributed by atoms with E-state index in [2.05, 4.69) is 15.3 Å². The van der Waals surface area contributed by atoms with Gasteiger partial charge < -0.3 is 15.4 Å². The minimum absolute atomic E-state index is 0.0582. The Morgan fingerprint density at radius 3 is 2.81 bits per heavy atom. The first-order valence-electron chi connectivity index (χ1n) is 7.06. The molecule has 1 heterocycles. The van der Waals surface area contributed by atoms with Crippen molar-refractivity contribution in [3.05, 3.63) is 27.4 Å². The second-order valence-electron chi connectivity index (χ2n) is 4.75. The molecule has 118 valence electrons. The fraction of sp³-hybridized carbons (Fsp3) is 0.643. The van der Waals surface area contributed by atoms with Crippen LogP contribution in [0.4, 0.5) is 0 Å². The average molecular weight is 313 g/mol. The minimum atomic E-state index is -0.160. The summed E-state index contributed by atoms with van der Waals surface area (Å²) in [6, 6.07) is 0. The number of thioether (sulfide) groups is 1. The number of nitrogens with zero attached hydrogens (tertiary/aromatic N) is 1. The summed E-state index contributed by atoms with van der Waals surface area (Å²) in [5.41, 5.74) is 1.10. The lowest BCUT2D eigenvalue weighted by Gasteiger charge is -2.06. The zero-order chi connectivity index (χ0) is 15.7. The fourth-order valence-corrected chi connectivity index (χ4v) is 2.69. The van der Waals surface area contributed by atoms with Crippen LogP contribution in [0.15, 0.2) is 4.79 Å². The number of aliphatic hydroxyl groups excluding tert-OH is 1. The Morgan fingerprint density at radius 1 is 1.38 bits per heavy atom. The predicted molar refractivity (Wildman–Crippen MR) is 84.7 cm³/mol. The summed E-state index contributed by atoms with van der Waals surface area (Å²) in [7, 11) is 0. The highest BCUT2D eigenvalue weighted by molar-refractivity contribution is 7.99. The van der Waals surface area contributed by atoms with Gasteiger partial charge in [-0.15, -0.1) is 0 Å². The van der Waals surface area contributed by atoms with E-state index < -0.39 is 0 Å². The quantitative estimate of drug-likeness (QED) is 0.579. The number of hydrogen-bond donors (Lipinski definition) is 3. The summed E-state index contributed by atoms with van der Waals surface area (Å²) in [5, 5.41) is 11.5. The van der Waals surface area contributed by atoms with Crippen LogP contribution in [0, 0.1) is 13.8 Å². The number of rotatable bonds is 9. The molecule has 0 spiro atoms. The predicted octanol–water partition coefficient (Wildman–Crippen LogP) is 0.551. The van der Waals surface area contributed by atoms with Crippen molar-refractivity contribution in [3.63, 3.8) is 0 Å². The van der Waals surface area contributed by atoms with Gasteiger partial charge in [0.2, 0.25) is 5.91 Å². The van der Waals surface area contributed by atoms with Crippen molar-refractivity contribution in [1.82, 2.24) is 15.3 Å². The minimum Gasteiger partial charge on any atom is -0.396 e. The van der Waals surface area contributed by atoms with Crippen molar-refractivity contribution in [1.29, 1.82) is 0 Å². The molecule has 0 bridgehead atoms. The van der Waals surface area contributed by atoms with Crippen molar-refractivity contribution in [2.45, 2.75) is 33.1 Å². The molecule has 0 fully saturated rings. The third kappa shape index (κ3) is 6.77. The molecule has 21 heavy (non-hydrogen) atoms. The molecule has 0 radical (unpaired) electrons. The zero-order valence-corrected chi connectivity index (χ0v) is 13.4. The van der Waals surface area contributed by atoms with E-state index in [-0.39, 0.29) is 24.5 Å². The van der Waals surface area contributed by atoms with Gasteiger partial charge in [0.25, 0.3) is 5.56 Å². The Labute approximate surface area is 128 Å². The topological polar surface area (TPSA) is 95.1 Å². The number of nitrogens with one attached hydrogen (secondary N) is 2. The summed E-state index contributed by atoms with van der Waals surface area (Å²) in [6.45, 7) is 4.33. The number of aromatic amines is 1. The summed E-state index contributed by atoms with van der Waals surface area (Å²) in [5.74, 6) is 2.26. The molecule has 0 aliphatic carbocycles. The second kappa shape index (κ2) is 9.57. The summed E-state index contributed by atoms with van der Waals surface area (Å²) in [6.07, 6.45) is 1.47. The van der Waals surface area contributed by atoms with E-state index in [0.717, 1.165) is 17.9 Å². The molecule has 0 atom stereocenters. The molecule has 0 saturated heterocycles. The van der Waals surface area contributed by atoms with E-state index >= 15 is 0 Å². The Bertz CT molecular complexity index is 517. The maximum atomic E-state index is 11.8. The van der Waals surface area contributed by atoms with Gasteiger partial charge in [-0.2, -0.15) is 11.8 Å². The van der Waals surface area contributed by atoms with Crippen LogP contribution in [-0.2, 0) is 11.2 Å². The first-order valence-corrected chi connectivity index (χ1v) is 8.21. The van der Waals surface area contributed by atoms with Crippen LogP contribution >= 0.6 is 11.8 Å². The van der Waals surface area contributed by atoms with Crippen LogP contribution in [0.2, 0.25) is 0 Å². The number of carbonyl (C=O) groups excluding carboxylic acids is 1. The molecule has 0 aliphatic rings. The zero-order valence-electron chi connectivity index (χ0n) is 12.6. The van der Waals surface area contributed by atoms with Crippen molar-refractivity contribution >= 4 is 17.7 Å². The summed E-state index contributed by atoms with van der Waals surface area (Å²) >= 11 is 1.70. The van der Waals surface area contributed by atoms with Crippen LogP contribution in [0.1, 0.15) is 29.9 Å². The molecule has 0 saturated carbocycles. The fourth-order valence-electron chi connectivity index (χ4n) is 1.90. The molecule has 1 rings (SSSR count). The Balaban J connectivity index is 2.29. The molecule has 1 aromatic heterocycles. The SMILES string of the molecule is Cc1nc(C)c(CCC(=O)NCCSCCCO)c(=O)[nH]1. The average Bonchev–Trinajstić information content (AvgIpc) is 2.41. The second-order valence-corrected chi connectivity index (χ2v) is 5.98. The van der Waals surface area contributed by atoms with E-state index in [9.17, 15) is 9.59 Å². The Morgan fingerprint density at radius 2 is 2.14 bits per heavy atom. The van der Waals surface area contributed by atoms with Crippen LogP contribution in [0.3, 0.4) is 0 Å². The molecule has 1 aromatic rings. The number of hydrogen-bond acceptors (Lipinski definition) is 5. The van der Waals surface area contributed by atoms with Gasteiger partial charge in [0.05, 0.1) is 0 Å². The van der Waals surface area contributed by atoms with Crippen molar-refractivity contribution < 1.29 is 9.90 Å². The molecule has 0 unspecified atom stereocenters. The van der Waals surface area contributed by atoms with Gasteiger partial charge in [0, 0.05) is 36.6 Å². The van der Waals surface area contributed by atoms with Gasteiger partial charge in [-0.1, -0.05) is 0 Å². The molecule has 3 N–H and O–H groups in total. The molecular formula is C14H23N3O3S. The number of amides is 1. The van der Waals surface area contributed by atoms with E-state index in [1.165, 1.54) is 0 Å². The monoisotopic (exact) mass is 313 g/mol. The smallest absolute Gasteiger partial charge is 0.254 e. The molecule has 7 heteroatoms. The van der Waals surface area contributed by atoms with Crippen molar-refractivity contribution in [2.75, 3.05) is 24.7 Å². The van der Waals surface area contributed by atoms with Gasteiger partial charge in [0.15, 0.2) is 0 Å². The Hall–Kier alpha value is -1.34. The van der Waals surface area contributed by atoms with Gasteiger partial charge in [-0.25, -0.2) is 4.98 Å². The lowest BCUT2D eigenvalue weighted by molar-refractivity contribution is -0.120. The molecule has 0 aliphatic heterocycles. The summed E-state index contributed by atoms with van der Waals surface area (Å²) < 4.78 is 0. The number of aliphatic hydroxyl groups is 1. The number of carbonyl (C=O) groups is 1. The van der Waals surface area contributed by atoms with E-state index in [4.69, 9.17) is 5.11 Å². The summed E-state index contributed by atoms with van der Waals surface area (Å²) in [4.78, 5) is 30.3. The van der Waals surface area contributed by atoms with Crippen molar-refractivity contribution in [2.24, 2.45) is 0 Å². The number of aryl methyl sites for hydroxylation is 2.